The third-order valence-electron chi connectivity index (χ3n) is 3.07. The van der Waals surface area contributed by atoms with Gasteiger partial charge >= 0.3 is 0 Å². The first-order valence-corrected chi connectivity index (χ1v) is 8.59. The van der Waals surface area contributed by atoms with Gasteiger partial charge in [0.05, 0.1) is 10.6 Å². The number of ketones is 1. The molecule has 0 aliphatic heterocycles. The largest absolute Gasteiger partial charge is 0.294 e. The monoisotopic (exact) mass is 322 g/mol. The minimum atomic E-state index is -3.40. The molecule has 0 saturated carbocycles. The molecule has 5 heteroatoms. The third-order valence-corrected chi connectivity index (χ3v) is 5.10. The molecule has 2 rings (SSSR count). The molecule has 110 valence electrons. The third kappa shape index (κ3) is 4.41. The van der Waals surface area contributed by atoms with E-state index < -0.39 is 9.84 Å². The SMILES string of the molecule is O=C(CCCS(=O)(=O)c1cccc(Cl)c1)c1ccccc1. The van der Waals surface area contributed by atoms with Crippen LogP contribution in [0.5, 0.6) is 0 Å². The number of benzene rings is 2. The summed E-state index contributed by atoms with van der Waals surface area (Å²) in [5.74, 6) is -0.108. The summed E-state index contributed by atoms with van der Waals surface area (Å²) in [5.41, 5.74) is 0.609. The molecule has 0 saturated heterocycles. The predicted molar refractivity (Wildman–Crippen MR) is 83.5 cm³/mol. The molecule has 3 nitrogen and oxygen atoms in total. The van der Waals surface area contributed by atoms with E-state index in [0.717, 1.165) is 0 Å². The summed E-state index contributed by atoms with van der Waals surface area (Å²) in [6.45, 7) is 0. The number of Topliss-reactive ketones (excluding diaryl/α,β-unsaturated/α-hetero) is 1. The molecule has 0 aliphatic rings. The second-order valence-corrected chi connectivity index (χ2v) is 7.21. The second kappa shape index (κ2) is 6.87. The summed E-state index contributed by atoms with van der Waals surface area (Å²) in [4.78, 5) is 12.1. The number of hydrogen-bond donors (Lipinski definition) is 0. The van der Waals surface area contributed by atoms with Crippen molar-refractivity contribution in [3.63, 3.8) is 0 Å². The first-order chi connectivity index (χ1) is 9.99. The molecule has 0 spiro atoms. The minimum absolute atomic E-state index is 0.0445. The predicted octanol–water partition coefficient (Wildman–Crippen LogP) is 3.78. The zero-order valence-corrected chi connectivity index (χ0v) is 12.9. The lowest BCUT2D eigenvalue weighted by Gasteiger charge is -2.05. The van der Waals surface area contributed by atoms with Gasteiger partial charge in [-0.15, -0.1) is 0 Å². The lowest BCUT2D eigenvalue weighted by atomic mass is 10.1. The quantitative estimate of drug-likeness (QED) is 0.760. The maximum absolute atomic E-state index is 12.1. The van der Waals surface area contributed by atoms with Crippen LogP contribution in [0.15, 0.2) is 59.5 Å². The summed E-state index contributed by atoms with van der Waals surface area (Å²) in [6.07, 6.45) is 0.506. The first kappa shape index (κ1) is 15.7. The van der Waals surface area contributed by atoms with Crippen LogP contribution in [0.2, 0.25) is 5.02 Å². The molecule has 0 aliphatic carbocycles. The van der Waals surface area contributed by atoms with Crippen LogP contribution in [0.25, 0.3) is 0 Å². The smallest absolute Gasteiger partial charge is 0.178 e. The Kier molecular flexibility index (Phi) is 5.15. The van der Waals surface area contributed by atoms with E-state index in [0.29, 0.717) is 17.0 Å². The van der Waals surface area contributed by atoms with Crippen molar-refractivity contribution in [2.75, 3.05) is 5.75 Å². The van der Waals surface area contributed by atoms with Crippen molar-refractivity contribution in [2.24, 2.45) is 0 Å². The average Bonchev–Trinajstić information content (AvgIpc) is 2.48. The van der Waals surface area contributed by atoms with Gasteiger partial charge < -0.3 is 0 Å². The van der Waals surface area contributed by atoms with Gasteiger partial charge in [-0.3, -0.25) is 4.79 Å². The van der Waals surface area contributed by atoms with E-state index in [1.807, 2.05) is 6.07 Å². The zero-order chi connectivity index (χ0) is 15.3. The maximum atomic E-state index is 12.1. The van der Waals surface area contributed by atoms with Gasteiger partial charge in [-0.2, -0.15) is 0 Å². The Labute approximate surface area is 129 Å². The van der Waals surface area contributed by atoms with E-state index in [-0.39, 0.29) is 22.9 Å². The van der Waals surface area contributed by atoms with Crippen molar-refractivity contribution in [3.8, 4) is 0 Å². The molecular weight excluding hydrogens is 308 g/mol. The molecule has 0 radical (unpaired) electrons. The Hall–Kier alpha value is -1.65. The topological polar surface area (TPSA) is 51.2 Å². The average molecular weight is 323 g/mol. The highest BCUT2D eigenvalue weighted by molar-refractivity contribution is 7.91. The summed E-state index contributed by atoms with van der Waals surface area (Å²) < 4.78 is 24.3. The van der Waals surface area contributed by atoms with Gasteiger partial charge in [-0.1, -0.05) is 48.0 Å². The van der Waals surface area contributed by atoms with Gasteiger partial charge in [-0.25, -0.2) is 8.42 Å². The molecule has 0 bridgehead atoms. The number of carbonyl (C=O) groups excluding carboxylic acids is 1. The summed E-state index contributed by atoms with van der Waals surface area (Å²) in [7, 11) is -3.40. The van der Waals surface area contributed by atoms with Crippen molar-refractivity contribution in [1.82, 2.24) is 0 Å². The molecule has 2 aromatic carbocycles. The molecular formula is C16H15ClO3S. The fraction of sp³-hybridized carbons (Fsp3) is 0.188. The zero-order valence-electron chi connectivity index (χ0n) is 11.3. The Morgan fingerprint density at radius 2 is 1.71 bits per heavy atom. The van der Waals surface area contributed by atoms with E-state index in [1.54, 1.807) is 36.4 Å². The van der Waals surface area contributed by atoms with Crippen molar-refractivity contribution in [3.05, 3.63) is 65.2 Å². The lowest BCUT2D eigenvalue weighted by Crippen LogP contribution is -2.09. The number of sulfone groups is 1. The molecule has 0 N–H and O–H groups in total. The molecule has 0 heterocycles. The molecule has 0 aromatic heterocycles. The Bertz CT molecular complexity index is 724. The van der Waals surface area contributed by atoms with Crippen molar-refractivity contribution >= 4 is 27.2 Å². The molecule has 0 unspecified atom stereocenters. The number of carbonyl (C=O) groups is 1. The number of rotatable bonds is 6. The molecule has 0 atom stereocenters. The van der Waals surface area contributed by atoms with Gasteiger partial charge in [0.25, 0.3) is 0 Å². The van der Waals surface area contributed by atoms with Crippen LogP contribution in [0, 0.1) is 0 Å². The van der Waals surface area contributed by atoms with E-state index >= 15 is 0 Å². The van der Waals surface area contributed by atoms with Crippen molar-refractivity contribution in [1.29, 1.82) is 0 Å². The van der Waals surface area contributed by atoms with Gasteiger partial charge in [0.15, 0.2) is 15.6 Å². The van der Waals surface area contributed by atoms with E-state index in [9.17, 15) is 13.2 Å². The molecule has 2 aromatic rings. The van der Waals surface area contributed by atoms with E-state index in [1.165, 1.54) is 12.1 Å². The van der Waals surface area contributed by atoms with Crippen molar-refractivity contribution in [2.45, 2.75) is 17.7 Å². The minimum Gasteiger partial charge on any atom is -0.294 e. The number of hydrogen-bond acceptors (Lipinski definition) is 3. The summed E-state index contributed by atoms with van der Waals surface area (Å²) >= 11 is 5.80. The van der Waals surface area contributed by atoms with Gasteiger partial charge in [-0.05, 0) is 24.6 Å². The number of halogens is 1. The highest BCUT2D eigenvalue weighted by Crippen LogP contribution is 2.18. The van der Waals surface area contributed by atoms with Crippen LogP contribution in [-0.2, 0) is 9.84 Å². The fourth-order valence-corrected chi connectivity index (χ4v) is 3.58. The summed E-state index contributed by atoms with van der Waals surface area (Å²) in [6, 6.07) is 15.0. The van der Waals surface area contributed by atoms with Crippen LogP contribution in [0.3, 0.4) is 0 Å². The molecule has 0 fully saturated rings. The lowest BCUT2D eigenvalue weighted by molar-refractivity contribution is 0.0982. The molecule has 21 heavy (non-hydrogen) atoms. The van der Waals surface area contributed by atoms with E-state index in [4.69, 9.17) is 11.6 Å². The second-order valence-electron chi connectivity index (χ2n) is 4.67. The van der Waals surface area contributed by atoms with Crippen LogP contribution in [0.1, 0.15) is 23.2 Å². The Morgan fingerprint density at radius 3 is 2.38 bits per heavy atom. The van der Waals surface area contributed by atoms with Crippen LogP contribution in [0.4, 0.5) is 0 Å². The van der Waals surface area contributed by atoms with Crippen LogP contribution < -0.4 is 0 Å². The van der Waals surface area contributed by atoms with Gasteiger partial charge in [0.2, 0.25) is 0 Å². The Morgan fingerprint density at radius 1 is 1.00 bits per heavy atom. The Balaban J connectivity index is 1.95. The van der Waals surface area contributed by atoms with Gasteiger partial charge in [0, 0.05) is 17.0 Å². The maximum Gasteiger partial charge on any atom is 0.178 e. The first-order valence-electron chi connectivity index (χ1n) is 6.55. The van der Waals surface area contributed by atoms with Crippen molar-refractivity contribution < 1.29 is 13.2 Å². The van der Waals surface area contributed by atoms with Gasteiger partial charge in [0.1, 0.15) is 0 Å². The highest BCUT2D eigenvalue weighted by Gasteiger charge is 2.15. The molecule has 0 amide bonds. The fourth-order valence-electron chi connectivity index (χ4n) is 1.97. The summed E-state index contributed by atoms with van der Waals surface area (Å²) in [5, 5.41) is 0.386. The van der Waals surface area contributed by atoms with Crippen LogP contribution >= 0.6 is 11.6 Å². The van der Waals surface area contributed by atoms with E-state index in [2.05, 4.69) is 0 Å². The standard InChI is InChI=1S/C16H15ClO3S/c17-14-8-4-9-15(12-14)21(19,20)11-5-10-16(18)13-6-2-1-3-7-13/h1-4,6-9,12H,5,10-11H2. The normalized spacial score (nSPS) is 11.3. The highest BCUT2D eigenvalue weighted by atomic mass is 35.5. The van der Waals surface area contributed by atoms with Crippen LogP contribution in [-0.4, -0.2) is 20.0 Å².